The first kappa shape index (κ1) is 17.0. The minimum absolute atomic E-state index is 0.183. The van der Waals surface area contributed by atoms with E-state index in [2.05, 4.69) is 23.8 Å². The lowest BCUT2D eigenvalue weighted by Gasteiger charge is -2.07. The predicted octanol–water partition coefficient (Wildman–Crippen LogP) is 3.54. The minimum atomic E-state index is -0.446. The lowest BCUT2D eigenvalue weighted by Crippen LogP contribution is -2.13. The van der Waals surface area contributed by atoms with Crippen molar-refractivity contribution in [1.29, 1.82) is 0 Å². The average molecular weight is 332 g/mol. The number of rotatable bonds is 9. The smallest absolute Gasteiger partial charge is 0.358 e. The number of carbonyl (C=O) groups excluding carboxylic acids is 1. The number of ether oxygens (including phenoxy) is 2. The fraction of sp³-hybridized carbons (Fsp3) is 0.294. The molecule has 0 bridgehead atoms. The molecular formula is C17H20N2O3S. The zero-order valence-electron chi connectivity index (χ0n) is 13.1. The van der Waals surface area contributed by atoms with Gasteiger partial charge in [0.1, 0.15) is 19.0 Å². The van der Waals surface area contributed by atoms with Crippen molar-refractivity contribution in [3.8, 4) is 5.75 Å². The lowest BCUT2D eigenvalue weighted by molar-refractivity contribution is 0.0444. The van der Waals surface area contributed by atoms with E-state index in [-0.39, 0.29) is 6.61 Å². The molecule has 0 fully saturated rings. The van der Waals surface area contributed by atoms with Crippen molar-refractivity contribution in [2.45, 2.75) is 13.3 Å². The van der Waals surface area contributed by atoms with Gasteiger partial charge in [-0.25, -0.2) is 9.78 Å². The molecule has 0 atom stereocenters. The summed E-state index contributed by atoms with van der Waals surface area (Å²) >= 11 is 1.36. The van der Waals surface area contributed by atoms with Gasteiger partial charge in [0.25, 0.3) is 0 Å². The highest BCUT2D eigenvalue weighted by Crippen LogP contribution is 2.16. The third-order valence-corrected chi connectivity index (χ3v) is 3.80. The number of aromatic nitrogens is 1. The largest absolute Gasteiger partial charge is 0.490 e. The number of carbonyl (C=O) groups is 1. The number of nitrogens with zero attached hydrogens (tertiary/aromatic N) is 1. The second-order valence-electron chi connectivity index (χ2n) is 4.69. The first-order valence-electron chi connectivity index (χ1n) is 7.42. The van der Waals surface area contributed by atoms with E-state index in [1.807, 2.05) is 24.3 Å². The number of benzene rings is 1. The summed E-state index contributed by atoms with van der Waals surface area (Å²) in [5.41, 5.74) is 1.51. The number of esters is 1. The molecule has 0 unspecified atom stereocenters. The van der Waals surface area contributed by atoms with Crippen LogP contribution in [0.2, 0.25) is 0 Å². The Hall–Kier alpha value is -2.34. The van der Waals surface area contributed by atoms with E-state index in [1.54, 1.807) is 11.5 Å². The number of hydrogen-bond acceptors (Lipinski definition) is 6. The molecule has 0 radical (unpaired) electrons. The van der Waals surface area contributed by atoms with E-state index < -0.39 is 5.97 Å². The molecule has 0 amide bonds. The molecule has 2 rings (SSSR count). The first-order chi connectivity index (χ1) is 11.2. The fourth-order valence-electron chi connectivity index (χ4n) is 1.83. The van der Waals surface area contributed by atoms with Crippen LogP contribution < -0.4 is 10.1 Å². The Kier molecular flexibility index (Phi) is 6.62. The molecule has 0 aliphatic heterocycles. The highest BCUT2D eigenvalue weighted by Gasteiger charge is 2.11. The fourth-order valence-corrected chi connectivity index (χ4v) is 2.52. The SMILES string of the molecule is C=CCNc1nc(C(=O)OCCOc2cccc(CC)c2)cs1. The summed E-state index contributed by atoms with van der Waals surface area (Å²) in [5.74, 6) is 0.337. The van der Waals surface area contributed by atoms with E-state index in [4.69, 9.17) is 9.47 Å². The van der Waals surface area contributed by atoms with Gasteiger partial charge in [0.05, 0.1) is 0 Å². The third-order valence-electron chi connectivity index (χ3n) is 3.00. The highest BCUT2D eigenvalue weighted by molar-refractivity contribution is 7.13. The third kappa shape index (κ3) is 5.41. The number of aryl methyl sites for hydroxylation is 1. The molecule has 1 aromatic heterocycles. The molecule has 5 nitrogen and oxygen atoms in total. The molecule has 6 heteroatoms. The summed E-state index contributed by atoms with van der Waals surface area (Å²) in [7, 11) is 0. The quantitative estimate of drug-likeness (QED) is 0.432. The van der Waals surface area contributed by atoms with Crippen LogP contribution in [0.1, 0.15) is 23.0 Å². The number of anilines is 1. The van der Waals surface area contributed by atoms with Crippen molar-refractivity contribution in [3.63, 3.8) is 0 Å². The van der Waals surface area contributed by atoms with Crippen LogP contribution >= 0.6 is 11.3 Å². The molecule has 0 saturated heterocycles. The van der Waals surface area contributed by atoms with Gasteiger partial charge >= 0.3 is 5.97 Å². The van der Waals surface area contributed by atoms with Gasteiger partial charge in [0, 0.05) is 11.9 Å². The molecule has 1 aromatic carbocycles. The summed E-state index contributed by atoms with van der Waals surface area (Å²) in [5, 5.41) is 5.36. The van der Waals surface area contributed by atoms with Crippen LogP contribution in [0, 0.1) is 0 Å². The van der Waals surface area contributed by atoms with Crippen LogP contribution in [0.25, 0.3) is 0 Å². The zero-order chi connectivity index (χ0) is 16.5. The van der Waals surface area contributed by atoms with Crippen molar-refractivity contribution in [2.75, 3.05) is 25.1 Å². The van der Waals surface area contributed by atoms with Gasteiger partial charge in [-0.2, -0.15) is 0 Å². The summed E-state index contributed by atoms with van der Waals surface area (Å²) in [4.78, 5) is 16.0. The zero-order valence-corrected chi connectivity index (χ0v) is 13.9. The van der Waals surface area contributed by atoms with Gasteiger partial charge in [0.15, 0.2) is 10.8 Å². The Bertz CT molecular complexity index is 655. The Morgan fingerprint density at radius 2 is 2.30 bits per heavy atom. The topological polar surface area (TPSA) is 60.5 Å². The second-order valence-corrected chi connectivity index (χ2v) is 5.55. The maximum atomic E-state index is 11.9. The number of hydrogen-bond donors (Lipinski definition) is 1. The minimum Gasteiger partial charge on any atom is -0.490 e. The Morgan fingerprint density at radius 1 is 1.43 bits per heavy atom. The maximum Gasteiger partial charge on any atom is 0.358 e. The van der Waals surface area contributed by atoms with E-state index in [9.17, 15) is 4.79 Å². The van der Waals surface area contributed by atoms with Crippen LogP contribution in [0.15, 0.2) is 42.3 Å². The molecule has 0 spiro atoms. The van der Waals surface area contributed by atoms with Crippen molar-refractivity contribution < 1.29 is 14.3 Å². The molecular weight excluding hydrogens is 312 g/mol. The molecule has 122 valence electrons. The van der Waals surface area contributed by atoms with Gasteiger partial charge < -0.3 is 14.8 Å². The van der Waals surface area contributed by atoms with E-state index in [0.29, 0.717) is 24.0 Å². The van der Waals surface area contributed by atoms with E-state index in [1.165, 1.54) is 16.9 Å². The number of thiazole rings is 1. The second kappa shape index (κ2) is 8.95. The van der Waals surface area contributed by atoms with Crippen LogP contribution in [0.4, 0.5) is 5.13 Å². The van der Waals surface area contributed by atoms with Gasteiger partial charge in [0.2, 0.25) is 0 Å². The summed E-state index contributed by atoms with van der Waals surface area (Å²) < 4.78 is 10.7. The van der Waals surface area contributed by atoms with Gasteiger partial charge in [-0.3, -0.25) is 0 Å². The van der Waals surface area contributed by atoms with Gasteiger partial charge in [-0.15, -0.1) is 17.9 Å². The molecule has 0 aliphatic carbocycles. The van der Waals surface area contributed by atoms with Crippen LogP contribution in [-0.4, -0.2) is 30.7 Å². The Morgan fingerprint density at radius 3 is 3.09 bits per heavy atom. The summed E-state index contributed by atoms with van der Waals surface area (Å²) in [6, 6.07) is 7.87. The van der Waals surface area contributed by atoms with Crippen molar-refractivity contribution in [3.05, 3.63) is 53.6 Å². The molecule has 0 saturated carbocycles. The van der Waals surface area contributed by atoms with Crippen LogP contribution in [0.5, 0.6) is 5.75 Å². The average Bonchev–Trinajstić information content (AvgIpc) is 3.06. The van der Waals surface area contributed by atoms with Crippen LogP contribution in [-0.2, 0) is 11.2 Å². The van der Waals surface area contributed by atoms with Crippen molar-refractivity contribution >= 4 is 22.4 Å². The summed E-state index contributed by atoms with van der Waals surface area (Å²) in [6.45, 7) is 6.80. The monoisotopic (exact) mass is 332 g/mol. The van der Waals surface area contributed by atoms with Crippen molar-refractivity contribution in [1.82, 2.24) is 4.98 Å². The van der Waals surface area contributed by atoms with Gasteiger partial charge in [-0.1, -0.05) is 25.1 Å². The van der Waals surface area contributed by atoms with Gasteiger partial charge in [-0.05, 0) is 24.1 Å². The summed E-state index contributed by atoms with van der Waals surface area (Å²) in [6.07, 6.45) is 2.68. The van der Waals surface area contributed by atoms with Crippen molar-refractivity contribution in [2.24, 2.45) is 0 Å². The Balaban J connectivity index is 1.73. The Labute approximate surface area is 140 Å². The molecule has 0 aliphatic rings. The van der Waals surface area contributed by atoms with E-state index >= 15 is 0 Å². The molecule has 23 heavy (non-hydrogen) atoms. The maximum absolute atomic E-state index is 11.9. The lowest BCUT2D eigenvalue weighted by atomic mass is 10.2. The number of nitrogens with one attached hydrogen (secondary N) is 1. The molecule has 1 heterocycles. The first-order valence-corrected chi connectivity index (χ1v) is 8.30. The van der Waals surface area contributed by atoms with E-state index in [0.717, 1.165) is 12.2 Å². The molecule has 1 N–H and O–H groups in total. The molecule has 2 aromatic rings. The predicted molar refractivity (Wildman–Crippen MR) is 92.4 cm³/mol. The van der Waals surface area contributed by atoms with Crippen LogP contribution in [0.3, 0.4) is 0 Å². The normalized spacial score (nSPS) is 10.1. The standard InChI is InChI=1S/C17H20N2O3S/c1-3-8-18-17-19-15(12-23-17)16(20)22-10-9-21-14-7-5-6-13(4-2)11-14/h3,5-7,11-12H,1,4,8-10H2,2H3,(H,18,19). The highest BCUT2D eigenvalue weighted by atomic mass is 32.1.